The summed E-state index contributed by atoms with van der Waals surface area (Å²) in [5.74, 6) is -0.323. The van der Waals surface area contributed by atoms with Crippen LogP contribution in [0.15, 0.2) is 32.4 Å². The van der Waals surface area contributed by atoms with Gasteiger partial charge in [-0.3, -0.25) is 0 Å². The predicted octanol–water partition coefficient (Wildman–Crippen LogP) is 2.63. The van der Waals surface area contributed by atoms with Crippen molar-refractivity contribution < 1.29 is 0 Å². The lowest BCUT2D eigenvalue weighted by Gasteiger charge is -2.29. The van der Waals surface area contributed by atoms with Crippen LogP contribution in [0.3, 0.4) is 0 Å². The summed E-state index contributed by atoms with van der Waals surface area (Å²) in [5.41, 5.74) is 15.2. The molecular weight excluding hydrogens is 256 g/mol. The minimum Gasteiger partial charge on any atom is -0.392 e. The van der Waals surface area contributed by atoms with Crippen LogP contribution in [0, 0.1) is 28.6 Å². The largest absolute Gasteiger partial charge is 0.392 e. The van der Waals surface area contributed by atoms with Gasteiger partial charge < -0.3 is 11.5 Å². The molecule has 1 aliphatic carbocycles. The van der Waals surface area contributed by atoms with Gasteiger partial charge in [0.25, 0.3) is 0 Å². The Bertz CT molecular complexity index is 548. The maximum atomic E-state index is 9.35. The molecule has 0 aromatic heterocycles. The molecule has 0 saturated heterocycles. The van der Waals surface area contributed by atoms with E-state index in [1.165, 1.54) is 12.0 Å². The number of hydrogen-bond donors (Lipinski definition) is 2. The van der Waals surface area contributed by atoms with E-state index in [0.29, 0.717) is 21.2 Å². The fourth-order valence-electron chi connectivity index (χ4n) is 2.72. The van der Waals surface area contributed by atoms with Crippen LogP contribution in [-0.4, -0.2) is 0 Å². The lowest BCUT2D eigenvalue weighted by atomic mass is 9.77. The van der Waals surface area contributed by atoms with Gasteiger partial charge in [0.05, 0.1) is 39.3 Å². The summed E-state index contributed by atoms with van der Waals surface area (Å²) < 4.78 is 0. The molecular formula is C14H16N4S. The minimum atomic E-state index is -0.323. The second-order valence-corrected chi connectivity index (χ2v) is 5.91. The first kappa shape index (κ1) is 13.6. The number of thioether (sulfide) groups is 1. The second-order valence-electron chi connectivity index (χ2n) is 4.83. The molecule has 0 atom stereocenters. The van der Waals surface area contributed by atoms with Crippen molar-refractivity contribution >= 4 is 11.8 Å². The van der Waals surface area contributed by atoms with Gasteiger partial charge in [-0.25, -0.2) is 0 Å². The van der Waals surface area contributed by atoms with Crippen LogP contribution >= 0.6 is 11.8 Å². The molecule has 0 radical (unpaired) electrons. The van der Waals surface area contributed by atoms with Crippen LogP contribution in [0.25, 0.3) is 0 Å². The molecule has 0 amide bonds. The van der Waals surface area contributed by atoms with Crippen molar-refractivity contribution in [2.75, 3.05) is 0 Å². The van der Waals surface area contributed by atoms with Crippen LogP contribution in [0.4, 0.5) is 0 Å². The normalized spacial score (nSPS) is 21.4. The van der Waals surface area contributed by atoms with Crippen molar-refractivity contribution in [3.05, 3.63) is 32.4 Å². The Morgan fingerprint density at radius 1 is 1.05 bits per heavy atom. The zero-order valence-electron chi connectivity index (χ0n) is 10.9. The molecule has 19 heavy (non-hydrogen) atoms. The van der Waals surface area contributed by atoms with Crippen molar-refractivity contribution in [3.8, 4) is 12.1 Å². The quantitative estimate of drug-likeness (QED) is 0.715. The molecule has 98 valence electrons. The van der Waals surface area contributed by atoms with Crippen LogP contribution in [0.1, 0.15) is 32.6 Å². The van der Waals surface area contributed by atoms with E-state index in [2.05, 4.69) is 19.1 Å². The second kappa shape index (κ2) is 5.42. The molecule has 0 aromatic carbocycles. The number of nitrogens with zero attached hydrogens (tertiary/aromatic N) is 2. The first-order valence-electron chi connectivity index (χ1n) is 6.26. The van der Waals surface area contributed by atoms with E-state index >= 15 is 0 Å². The van der Waals surface area contributed by atoms with Crippen molar-refractivity contribution in [1.82, 2.24) is 0 Å². The molecule has 1 heterocycles. The first-order valence-corrected chi connectivity index (χ1v) is 7.07. The van der Waals surface area contributed by atoms with Gasteiger partial charge in [0, 0.05) is 0 Å². The molecule has 5 heteroatoms. The summed E-state index contributed by atoms with van der Waals surface area (Å²) in [5, 5.41) is 19.6. The number of nitrogens with two attached hydrogens (primary N) is 2. The number of rotatable bonds is 1. The molecule has 4 nitrogen and oxygen atoms in total. The minimum absolute atomic E-state index is 0.323. The highest BCUT2D eigenvalue weighted by molar-refractivity contribution is 8.06. The highest BCUT2D eigenvalue weighted by Gasteiger charge is 2.33. The Hall–Kier alpha value is -1.85. The van der Waals surface area contributed by atoms with Crippen molar-refractivity contribution in [3.63, 3.8) is 0 Å². The highest BCUT2D eigenvalue weighted by Crippen LogP contribution is 2.44. The monoisotopic (exact) mass is 272 g/mol. The van der Waals surface area contributed by atoms with E-state index in [1.54, 1.807) is 0 Å². The number of allylic oxidation sites excluding steroid dienone is 4. The van der Waals surface area contributed by atoms with Gasteiger partial charge in [0.15, 0.2) is 0 Å². The Kier molecular flexibility index (Phi) is 3.87. The maximum absolute atomic E-state index is 9.35. The van der Waals surface area contributed by atoms with Gasteiger partial charge in [-0.15, -0.1) is 0 Å². The summed E-state index contributed by atoms with van der Waals surface area (Å²) in [6.45, 7) is 2.08. The average Bonchev–Trinajstić information content (AvgIpc) is 2.38. The van der Waals surface area contributed by atoms with E-state index in [0.717, 1.165) is 36.6 Å². The van der Waals surface area contributed by atoms with Crippen LogP contribution in [0.2, 0.25) is 0 Å². The smallest absolute Gasteiger partial charge is 0.0984 e. The molecule has 0 aromatic rings. The van der Waals surface area contributed by atoms with Crippen LogP contribution in [0.5, 0.6) is 0 Å². The third-order valence-electron chi connectivity index (χ3n) is 3.71. The lowest BCUT2D eigenvalue weighted by molar-refractivity contribution is 0.625. The van der Waals surface area contributed by atoms with E-state index in [9.17, 15) is 10.5 Å². The molecule has 2 aliphatic rings. The lowest BCUT2D eigenvalue weighted by Crippen LogP contribution is -2.22. The summed E-state index contributed by atoms with van der Waals surface area (Å²) in [6.07, 6.45) is 4.20. The highest BCUT2D eigenvalue weighted by atomic mass is 32.2. The van der Waals surface area contributed by atoms with Gasteiger partial charge >= 0.3 is 0 Å². The summed E-state index contributed by atoms with van der Waals surface area (Å²) >= 11 is 1.12. The molecule has 0 spiro atoms. The van der Waals surface area contributed by atoms with E-state index in [1.807, 2.05) is 0 Å². The van der Waals surface area contributed by atoms with E-state index < -0.39 is 0 Å². The standard InChI is InChI=1S/C14H16N4S/c1-8-4-2-3-5-9(8)12-10(6-15)13(17)19-14(18)11(12)7-16/h12H,2-5,17-18H2,1H3. The van der Waals surface area contributed by atoms with Crippen molar-refractivity contribution in [2.24, 2.45) is 17.4 Å². The van der Waals surface area contributed by atoms with Crippen molar-refractivity contribution in [1.29, 1.82) is 10.5 Å². The molecule has 4 N–H and O–H groups in total. The van der Waals surface area contributed by atoms with Gasteiger partial charge in [-0.05, 0) is 32.6 Å². The first-order chi connectivity index (χ1) is 9.10. The van der Waals surface area contributed by atoms with Gasteiger partial charge in [-0.1, -0.05) is 22.9 Å². The molecule has 1 aliphatic heterocycles. The molecule has 0 unspecified atom stereocenters. The van der Waals surface area contributed by atoms with Crippen LogP contribution in [-0.2, 0) is 0 Å². The average molecular weight is 272 g/mol. The van der Waals surface area contributed by atoms with Gasteiger partial charge in [0.2, 0.25) is 0 Å². The number of nitriles is 2. The Morgan fingerprint density at radius 3 is 2.05 bits per heavy atom. The Labute approximate surface area is 117 Å². The zero-order valence-corrected chi connectivity index (χ0v) is 11.7. The molecule has 0 fully saturated rings. The topological polar surface area (TPSA) is 99.6 Å². The molecule has 0 bridgehead atoms. The SMILES string of the molecule is CC1=C(C2C(C#N)=C(N)SC(N)=C2C#N)CCCC1. The van der Waals surface area contributed by atoms with E-state index in [-0.39, 0.29) is 5.92 Å². The summed E-state index contributed by atoms with van der Waals surface area (Å²) in [6, 6.07) is 4.33. The fourth-order valence-corrected chi connectivity index (χ4v) is 3.50. The van der Waals surface area contributed by atoms with Crippen molar-refractivity contribution in [2.45, 2.75) is 32.6 Å². The molecule has 2 rings (SSSR count). The fraction of sp³-hybridized carbons (Fsp3) is 0.429. The zero-order chi connectivity index (χ0) is 14.0. The van der Waals surface area contributed by atoms with Gasteiger partial charge in [-0.2, -0.15) is 10.5 Å². The third kappa shape index (κ3) is 2.34. The van der Waals surface area contributed by atoms with E-state index in [4.69, 9.17) is 11.5 Å². The van der Waals surface area contributed by atoms with Crippen LogP contribution < -0.4 is 11.5 Å². The third-order valence-corrected chi connectivity index (χ3v) is 4.59. The Balaban J connectivity index is 2.58. The Morgan fingerprint density at radius 2 is 1.58 bits per heavy atom. The maximum Gasteiger partial charge on any atom is 0.0984 e. The molecule has 0 saturated carbocycles. The predicted molar refractivity (Wildman–Crippen MR) is 75.9 cm³/mol. The van der Waals surface area contributed by atoms with Gasteiger partial charge in [0.1, 0.15) is 0 Å². The number of hydrogen-bond acceptors (Lipinski definition) is 5. The summed E-state index contributed by atoms with van der Waals surface area (Å²) in [7, 11) is 0. The summed E-state index contributed by atoms with van der Waals surface area (Å²) in [4.78, 5) is 0.